The van der Waals surface area contributed by atoms with Crippen LogP contribution in [0.3, 0.4) is 0 Å². The SMILES string of the molecule is CC.CCc1ccc(-c2ccc(C(C)(CC)C(CC)(OC)OC)cc2)c2cccc(C)c12. The van der Waals surface area contributed by atoms with E-state index in [4.69, 9.17) is 9.47 Å². The Morgan fingerprint density at radius 2 is 1.41 bits per heavy atom. The molecule has 0 fully saturated rings. The molecule has 3 rings (SSSR count). The van der Waals surface area contributed by atoms with Gasteiger partial charge in [-0.1, -0.05) is 96.1 Å². The molecule has 2 nitrogen and oxygen atoms in total. The van der Waals surface area contributed by atoms with Crippen molar-refractivity contribution in [3.63, 3.8) is 0 Å². The largest absolute Gasteiger partial charge is 0.352 e. The summed E-state index contributed by atoms with van der Waals surface area (Å²) in [6, 6.07) is 20.2. The third-order valence-corrected chi connectivity index (χ3v) is 7.22. The Morgan fingerprint density at radius 3 is 1.91 bits per heavy atom. The Labute approximate surface area is 196 Å². The third-order valence-electron chi connectivity index (χ3n) is 7.22. The van der Waals surface area contributed by atoms with Crippen LogP contribution in [-0.2, 0) is 21.3 Å². The molecule has 0 saturated carbocycles. The highest BCUT2D eigenvalue weighted by Gasteiger charge is 2.48. The fourth-order valence-corrected chi connectivity index (χ4v) is 5.15. The number of hydrogen-bond donors (Lipinski definition) is 0. The van der Waals surface area contributed by atoms with Crippen LogP contribution in [0.4, 0.5) is 0 Å². The van der Waals surface area contributed by atoms with E-state index in [0.717, 1.165) is 19.3 Å². The molecule has 32 heavy (non-hydrogen) atoms. The molecule has 0 radical (unpaired) electrons. The number of benzene rings is 3. The van der Waals surface area contributed by atoms with Crippen molar-refractivity contribution in [2.45, 2.75) is 78.9 Å². The van der Waals surface area contributed by atoms with E-state index < -0.39 is 5.79 Å². The zero-order valence-corrected chi connectivity index (χ0v) is 21.6. The molecule has 3 aromatic rings. The molecule has 0 heterocycles. The molecule has 2 heteroatoms. The van der Waals surface area contributed by atoms with Crippen LogP contribution in [0.15, 0.2) is 54.6 Å². The molecule has 1 atom stereocenters. The van der Waals surface area contributed by atoms with Crippen LogP contribution in [0, 0.1) is 6.92 Å². The van der Waals surface area contributed by atoms with Crippen molar-refractivity contribution >= 4 is 10.8 Å². The molecule has 3 aromatic carbocycles. The number of ether oxygens (including phenoxy) is 2. The lowest BCUT2D eigenvalue weighted by molar-refractivity contribution is -0.250. The van der Waals surface area contributed by atoms with E-state index >= 15 is 0 Å². The lowest BCUT2D eigenvalue weighted by atomic mass is 9.71. The normalized spacial score (nSPS) is 13.4. The van der Waals surface area contributed by atoms with Gasteiger partial charge >= 0.3 is 0 Å². The van der Waals surface area contributed by atoms with Crippen molar-refractivity contribution in [3.8, 4) is 11.1 Å². The van der Waals surface area contributed by atoms with Crippen LogP contribution in [-0.4, -0.2) is 20.0 Å². The summed E-state index contributed by atoms with van der Waals surface area (Å²) in [7, 11) is 3.50. The Hall–Kier alpha value is -2.16. The van der Waals surface area contributed by atoms with Crippen LogP contribution in [0.2, 0.25) is 0 Å². The minimum absolute atomic E-state index is 0.242. The van der Waals surface area contributed by atoms with Gasteiger partial charge in [0.1, 0.15) is 0 Å². The molecular formula is C30H42O2. The van der Waals surface area contributed by atoms with Crippen molar-refractivity contribution < 1.29 is 9.47 Å². The van der Waals surface area contributed by atoms with E-state index in [0.29, 0.717) is 0 Å². The Bertz CT molecular complexity index is 991. The van der Waals surface area contributed by atoms with Gasteiger partial charge in [0.2, 0.25) is 0 Å². The predicted octanol–water partition coefficient (Wildman–Crippen LogP) is 8.47. The van der Waals surface area contributed by atoms with Crippen LogP contribution < -0.4 is 0 Å². The molecule has 0 aliphatic rings. The maximum absolute atomic E-state index is 5.94. The van der Waals surface area contributed by atoms with Crippen molar-refractivity contribution in [2.75, 3.05) is 14.2 Å². The van der Waals surface area contributed by atoms with Gasteiger partial charge in [-0.05, 0) is 64.8 Å². The Kier molecular flexibility index (Phi) is 9.07. The first kappa shape index (κ1) is 26.1. The zero-order valence-electron chi connectivity index (χ0n) is 21.6. The summed E-state index contributed by atoms with van der Waals surface area (Å²) in [5, 5.41) is 2.72. The van der Waals surface area contributed by atoms with Gasteiger partial charge in [0.05, 0.1) is 0 Å². The second kappa shape index (κ2) is 11.1. The fourth-order valence-electron chi connectivity index (χ4n) is 5.15. The molecule has 1 unspecified atom stereocenters. The second-order valence-electron chi connectivity index (χ2n) is 8.40. The Balaban J connectivity index is 0.00000176. The lowest BCUT2D eigenvalue weighted by Gasteiger charge is -2.46. The fraction of sp³-hybridized carbons (Fsp3) is 0.467. The summed E-state index contributed by atoms with van der Waals surface area (Å²) in [6.07, 6.45) is 2.76. The summed E-state index contributed by atoms with van der Waals surface area (Å²) in [6.45, 7) is 15.0. The summed E-state index contributed by atoms with van der Waals surface area (Å²) in [4.78, 5) is 0. The van der Waals surface area contributed by atoms with Gasteiger partial charge in [0.25, 0.3) is 0 Å². The van der Waals surface area contributed by atoms with Gasteiger partial charge in [-0.25, -0.2) is 0 Å². The maximum Gasteiger partial charge on any atom is 0.176 e. The van der Waals surface area contributed by atoms with Crippen LogP contribution >= 0.6 is 0 Å². The topological polar surface area (TPSA) is 18.5 Å². The van der Waals surface area contributed by atoms with Crippen molar-refractivity contribution in [1.82, 2.24) is 0 Å². The van der Waals surface area contributed by atoms with Crippen LogP contribution in [0.1, 0.15) is 71.1 Å². The highest BCUT2D eigenvalue weighted by atomic mass is 16.7. The van der Waals surface area contributed by atoms with Crippen LogP contribution in [0.5, 0.6) is 0 Å². The molecule has 0 saturated heterocycles. The molecule has 0 bridgehead atoms. The van der Waals surface area contributed by atoms with E-state index in [1.807, 2.05) is 13.8 Å². The maximum atomic E-state index is 5.94. The number of hydrogen-bond acceptors (Lipinski definition) is 2. The van der Waals surface area contributed by atoms with Crippen molar-refractivity contribution in [2.24, 2.45) is 0 Å². The number of methoxy groups -OCH3 is 2. The van der Waals surface area contributed by atoms with Gasteiger partial charge in [-0.2, -0.15) is 0 Å². The van der Waals surface area contributed by atoms with E-state index in [9.17, 15) is 0 Å². The predicted molar refractivity (Wildman–Crippen MR) is 140 cm³/mol. The third kappa shape index (κ3) is 4.36. The summed E-state index contributed by atoms with van der Waals surface area (Å²) in [5.74, 6) is -0.643. The number of aryl methyl sites for hydroxylation is 2. The van der Waals surface area contributed by atoms with Gasteiger partial charge in [-0.15, -0.1) is 0 Å². The van der Waals surface area contributed by atoms with Crippen LogP contribution in [0.25, 0.3) is 21.9 Å². The molecule has 174 valence electrons. The van der Waals surface area contributed by atoms with Gasteiger partial charge in [0, 0.05) is 19.6 Å². The minimum atomic E-state index is -0.643. The highest BCUT2D eigenvalue weighted by molar-refractivity contribution is 6.00. The molecule has 0 aliphatic carbocycles. The monoisotopic (exact) mass is 434 g/mol. The average Bonchev–Trinajstić information content (AvgIpc) is 2.86. The first-order chi connectivity index (χ1) is 15.4. The van der Waals surface area contributed by atoms with Crippen molar-refractivity contribution in [3.05, 3.63) is 71.3 Å². The minimum Gasteiger partial charge on any atom is -0.352 e. The molecule has 0 aromatic heterocycles. The summed E-state index contributed by atoms with van der Waals surface area (Å²) < 4.78 is 11.9. The summed E-state index contributed by atoms with van der Waals surface area (Å²) in [5.41, 5.74) is 6.28. The summed E-state index contributed by atoms with van der Waals surface area (Å²) >= 11 is 0. The lowest BCUT2D eigenvalue weighted by Crippen LogP contribution is -2.52. The number of rotatable bonds is 8. The number of fused-ring (bicyclic) bond motifs is 1. The van der Waals surface area contributed by atoms with E-state index in [2.05, 4.69) is 89.2 Å². The smallest absolute Gasteiger partial charge is 0.176 e. The highest BCUT2D eigenvalue weighted by Crippen LogP contribution is 2.44. The molecular weight excluding hydrogens is 392 g/mol. The van der Waals surface area contributed by atoms with E-state index in [1.165, 1.54) is 38.6 Å². The van der Waals surface area contributed by atoms with Gasteiger partial charge < -0.3 is 9.47 Å². The molecule has 0 N–H and O–H groups in total. The standard InChI is InChI=1S/C28H36O2.C2H6/c1-8-21-16-19-24(25-13-11-12-20(4)26(21)25)22-14-17-23(18-15-22)27(5,9-2)28(10-3,29-6)30-7;1-2/h11-19H,8-10H2,1-7H3;1-2H3. The van der Waals surface area contributed by atoms with E-state index in [-0.39, 0.29) is 5.41 Å². The molecule has 0 amide bonds. The zero-order chi connectivity index (χ0) is 23.9. The first-order valence-electron chi connectivity index (χ1n) is 12.1. The van der Waals surface area contributed by atoms with Gasteiger partial charge in [-0.3, -0.25) is 0 Å². The Morgan fingerprint density at radius 1 is 0.781 bits per heavy atom. The van der Waals surface area contributed by atoms with Gasteiger partial charge in [0.15, 0.2) is 5.79 Å². The van der Waals surface area contributed by atoms with E-state index in [1.54, 1.807) is 14.2 Å². The quantitative estimate of drug-likeness (QED) is 0.331. The second-order valence-corrected chi connectivity index (χ2v) is 8.40. The molecule has 0 spiro atoms. The molecule has 0 aliphatic heterocycles. The first-order valence-corrected chi connectivity index (χ1v) is 12.1. The average molecular weight is 435 g/mol. The van der Waals surface area contributed by atoms with Crippen molar-refractivity contribution in [1.29, 1.82) is 0 Å².